The summed E-state index contributed by atoms with van der Waals surface area (Å²) in [5, 5.41) is 8.44. The Morgan fingerprint density at radius 2 is 2.15 bits per heavy atom. The molecule has 1 heterocycles. The van der Waals surface area contributed by atoms with Gasteiger partial charge in [-0.15, -0.1) is 0 Å². The first kappa shape index (κ1) is 9.44. The molecular formula is C8H11N3O2. The molecule has 0 saturated carbocycles. The van der Waals surface area contributed by atoms with E-state index in [9.17, 15) is 4.79 Å². The Morgan fingerprint density at radius 1 is 1.54 bits per heavy atom. The highest BCUT2D eigenvalue weighted by molar-refractivity contribution is 5.67. The lowest BCUT2D eigenvalue weighted by Gasteiger charge is -2.14. The summed E-state index contributed by atoms with van der Waals surface area (Å²) in [5.74, 6) is -0.272. The van der Waals surface area contributed by atoms with Gasteiger partial charge in [-0.25, -0.2) is 9.97 Å². The Hall–Kier alpha value is -1.65. The van der Waals surface area contributed by atoms with Crippen molar-refractivity contribution in [2.45, 2.75) is 6.42 Å². The highest BCUT2D eigenvalue weighted by Gasteiger charge is 2.04. The van der Waals surface area contributed by atoms with Crippen LogP contribution in [0.3, 0.4) is 0 Å². The van der Waals surface area contributed by atoms with Gasteiger partial charge in [0.25, 0.3) is 0 Å². The van der Waals surface area contributed by atoms with Crippen LogP contribution in [0, 0.1) is 0 Å². The number of hydrogen-bond donors (Lipinski definition) is 1. The summed E-state index contributed by atoms with van der Waals surface area (Å²) in [4.78, 5) is 19.9. The van der Waals surface area contributed by atoms with E-state index in [-0.39, 0.29) is 6.42 Å². The van der Waals surface area contributed by atoms with Crippen LogP contribution >= 0.6 is 0 Å². The van der Waals surface area contributed by atoms with E-state index in [4.69, 9.17) is 5.11 Å². The molecule has 1 rings (SSSR count). The third kappa shape index (κ3) is 3.06. The lowest BCUT2D eigenvalue weighted by molar-refractivity contribution is -0.136. The van der Waals surface area contributed by atoms with E-state index >= 15 is 0 Å². The van der Waals surface area contributed by atoms with Gasteiger partial charge in [0.15, 0.2) is 0 Å². The van der Waals surface area contributed by atoms with Crippen LogP contribution in [0.2, 0.25) is 0 Å². The summed E-state index contributed by atoms with van der Waals surface area (Å²) in [7, 11) is 1.76. The van der Waals surface area contributed by atoms with Crippen molar-refractivity contribution in [2.75, 3.05) is 18.5 Å². The second kappa shape index (κ2) is 4.39. The normalized spacial score (nSPS) is 9.62. The first-order chi connectivity index (χ1) is 6.20. The van der Waals surface area contributed by atoms with E-state index in [0.29, 0.717) is 12.5 Å². The van der Waals surface area contributed by atoms with Crippen LogP contribution in [0.25, 0.3) is 0 Å². The molecule has 0 amide bonds. The average Bonchev–Trinajstić information content (AvgIpc) is 2.15. The standard InChI is InChI=1S/C8H11N3O2/c1-11(6-3-7(12)13)8-9-4-2-5-10-8/h2,4-5H,3,6H2,1H3,(H,12,13). The van der Waals surface area contributed by atoms with Gasteiger partial charge in [0.05, 0.1) is 6.42 Å². The van der Waals surface area contributed by atoms with Crippen molar-refractivity contribution in [1.29, 1.82) is 0 Å². The largest absolute Gasteiger partial charge is 0.481 e. The SMILES string of the molecule is CN(CCC(=O)O)c1ncccn1. The predicted molar refractivity (Wildman–Crippen MR) is 47.6 cm³/mol. The lowest BCUT2D eigenvalue weighted by Crippen LogP contribution is -2.22. The maximum atomic E-state index is 10.3. The molecule has 70 valence electrons. The van der Waals surface area contributed by atoms with Gasteiger partial charge < -0.3 is 10.0 Å². The van der Waals surface area contributed by atoms with Crippen LogP contribution in [0.1, 0.15) is 6.42 Å². The molecule has 0 aliphatic rings. The zero-order valence-electron chi connectivity index (χ0n) is 7.34. The van der Waals surface area contributed by atoms with Crippen molar-refractivity contribution < 1.29 is 9.90 Å². The van der Waals surface area contributed by atoms with Crippen molar-refractivity contribution >= 4 is 11.9 Å². The van der Waals surface area contributed by atoms with Crippen LogP contribution < -0.4 is 4.90 Å². The number of carboxylic acid groups (broad SMARTS) is 1. The van der Waals surface area contributed by atoms with Gasteiger partial charge in [-0.1, -0.05) is 0 Å². The van der Waals surface area contributed by atoms with E-state index in [1.165, 1.54) is 0 Å². The fourth-order valence-corrected chi connectivity index (χ4v) is 0.852. The van der Waals surface area contributed by atoms with E-state index in [1.807, 2.05) is 0 Å². The molecule has 0 saturated heterocycles. The fourth-order valence-electron chi connectivity index (χ4n) is 0.852. The number of rotatable bonds is 4. The average molecular weight is 181 g/mol. The first-order valence-electron chi connectivity index (χ1n) is 3.90. The van der Waals surface area contributed by atoms with E-state index in [1.54, 1.807) is 30.4 Å². The Bertz CT molecular complexity index is 276. The fraction of sp³-hybridized carbons (Fsp3) is 0.375. The van der Waals surface area contributed by atoms with Crippen LogP contribution in [0.15, 0.2) is 18.5 Å². The van der Waals surface area contributed by atoms with E-state index in [2.05, 4.69) is 9.97 Å². The quantitative estimate of drug-likeness (QED) is 0.727. The molecular weight excluding hydrogens is 170 g/mol. The van der Waals surface area contributed by atoms with E-state index < -0.39 is 5.97 Å². The number of carboxylic acids is 1. The highest BCUT2D eigenvalue weighted by atomic mass is 16.4. The predicted octanol–water partition coefficient (Wildman–Crippen LogP) is 0.387. The Kier molecular flexibility index (Phi) is 3.19. The molecule has 5 nitrogen and oxygen atoms in total. The molecule has 0 unspecified atom stereocenters. The Morgan fingerprint density at radius 3 is 2.69 bits per heavy atom. The van der Waals surface area contributed by atoms with Crippen molar-refractivity contribution in [3.63, 3.8) is 0 Å². The topological polar surface area (TPSA) is 66.3 Å². The first-order valence-corrected chi connectivity index (χ1v) is 3.90. The van der Waals surface area contributed by atoms with Crippen LogP contribution in [0.4, 0.5) is 5.95 Å². The maximum Gasteiger partial charge on any atom is 0.305 e. The molecule has 0 atom stereocenters. The number of aliphatic carboxylic acids is 1. The molecule has 0 fully saturated rings. The summed E-state index contributed by atoms with van der Waals surface area (Å²) < 4.78 is 0. The van der Waals surface area contributed by atoms with Crippen molar-refractivity contribution in [3.8, 4) is 0 Å². The molecule has 5 heteroatoms. The molecule has 0 bridgehead atoms. The van der Waals surface area contributed by atoms with Crippen molar-refractivity contribution in [2.24, 2.45) is 0 Å². The molecule has 0 spiro atoms. The summed E-state index contributed by atoms with van der Waals surface area (Å²) in [6.45, 7) is 0.416. The van der Waals surface area contributed by atoms with Gasteiger partial charge >= 0.3 is 5.97 Å². The smallest absolute Gasteiger partial charge is 0.305 e. The number of anilines is 1. The molecule has 0 radical (unpaired) electrons. The monoisotopic (exact) mass is 181 g/mol. The number of hydrogen-bond acceptors (Lipinski definition) is 4. The van der Waals surface area contributed by atoms with Crippen molar-refractivity contribution in [3.05, 3.63) is 18.5 Å². The number of aromatic nitrogens is 2. The third-order valence-corrected chi connectivity index (χ3v) is 1.55. The molecule has 1 N–H and O–H groups in total. The van der Waals surface area contributed by atoms with Gasteiger partial charge in [-0.2, -0.15) is 0 Å². The van der Waals surface area contributed by atoms with Crippen LogP contribution in [-0.4, -0.2) is 34.6 Å². The maximum absolute atomic E-state index is 10.3. The summed E-state index contributed by atoms with van der Waals surface area (Å²) in [5.41, 5.74) is 0. The van der Waals surface area contributed by atoms with E-state index in [0.717, 1.165) is 0 Å². The van der Waals surface area contributed by atoms with Gasteiger partial charge in [0, 0.05) is 26.0 Å². The zero-order valence-corrected chi connectivity index (χ0v) is 7.34. The molecule has 0 aromatic carbocycles. The van der Waals surface area contributed by atoms with Gasteiger partial charge in [-0.05, 0) is 6.07 Å². The van der Waals surface area contributed by atoms with Gasteiger partial charge in [0.2, 0.25) is 5.95 Å². The molecule has 0 aliphatic carbocycles. The number of nitrogens with zero attached hydrogens (tertiary/aromatic N) is 3. The van der Waals surface area contributed by atoms with Crippen LogP contribution in [-0.2, 0) is 4.79 Å². The minimum Gasteiger partial charge on any atom is -0.481 e. The second-order valence-electron chi connectivity index (χ2n) is 2.61. The molecule has 1 aromatic heterocycles. The minimum absolute atomic E-state index is 0.0920. The summed E-state index contributed by atoms with van der Waals surface area (Å²) in [6, 6.07) is 1.72. The molecule has 1 aromatic rings. The number of carbonyl (C=O) groups is 1. The zero-order chi connectivity index (χ0) is 9.68. The molecule has 0 aliphatic heterocycles. The summed E-state index contributed by atoms with van der Waals surface area (Å²) in [6.07, 6.45) is 3.34. The summed E-state index contributed by atoms with van der Waals surface area (Å²) >= 11 is 0. The van der Waals surface area contributed by atoms with Gasteiger partial charge in [-0.3, -0.25) is 4.79 Å². The molecule has 13 heavy (non-hydrogen) atoms. The minimum atomic E-state index is -0.817. The Balaban J connectivity index is 2.49. The second-order valence-corrected chi connectivity index (χ2v) is 2.61. The highest BCUT2D eigenvalue weighted by Crippen LogP contribution is 2.01. The van der Waals surface area contributed by atoms with Crippen LogP contribution in [0.5, 0.6) is 0 Å². The van der Waals surface area contributed by atoms with Crippen molar-refractivity contribution in [1.82, 2.24) is 9.97 Å². The third-order valence-electron chi connectivity index (χ3n) is 1.55. The van der Waals surface area contributed by atoms with Gasteiger partial charge in [0.1, 0.15) is 0 Å². The Labute approximate surface area is 76.0 Å². The lowest BCUT2D eigenvalue weighted by atomic mass is 10.4.